The van der Waals surface area contributed by atoms with Crippen LogP contribution in [0.25, 0.3) is 0 Å². The number of aromatic nitrogens is 1. The van der Waals surface area contributed by atoms with Gasteiger partial charge in [0, 0.05) is 44.1 Å². The van der Waals surface area contributed by atoms with Gasteiger partial charge in [0.1, 0.15) is 11.6 Å². The number of nitrogens with zero attached hydrogens (tertiary/aromatic N) is 3. The van der Waals surface area contributed by atoms with E-state index < -0.39 is 17.5 Å². The molecular weight excluding hydrogens is 328 g/mol. The Labute approximate surface area is 143 Å². The van der Waals surface area contributed by atoms with Crippen LogP contribution in [0, 0.1) is 11.6 Å². The van der Waals surface area contributed by atoms with Crippen LogP contribution in [0.5, 0.6) is 0 Å². The van der Waals surface area contributed by atoms with E-state index in [-0.39, 0.29) is 17.9 Å². The molecule has 1 aliphatic heterocycles. The van der Waals surface area contributed by atoms with Gasteiger partial charge in [-0.2, -0.15) is 0 Å². The average molecular weight is 345 g/mol. The molecule has 0 radical (unpaired) electrons. The highest BCUT2D eigenvalue weighted by Gasteiger charge is 2.26. The number of carbonyl (C=O) groups is 2. The predicted molar refractivity (Wildman–Crippen MR) is 86.8 cm³/mol. The van der Waals surface area contributed by atoms with E-state index in [2.05, 4.69) is 4.98 Å². The van der Waals surface area contributed by atoms with Crippen LogP contribution < -0.4 is 0 Å². The number of rotatable bonds is 3. The molecule has 1 aromatic carbocycles. The Hall–Kier alpha value is -2.83. The summed E-state index contributed by atoms with van der Waals surface area (Å²) in [7, 11) is 0. The van der Waals surface area contributed by atoms with Gasteiger partial charge in [-0.15, -0.1) is 0 Å². The second-order valence-corrected chi connectivity index (χ2v) is 5.80. The molecule has 0 spiro atoms. The van der Waals surface area contributed by atoms with Crippen LogP contribution in [0.3, 0.4) is 0 Å². The summed E-state index contributed by atoms with van der Waals surface area (Å²) in [5.74, 6) is -2.15. The first-order valence-corrected chi connectivity index (χ1v) is 7.96. The van der Waals surface area contributed by atoms with Gasteiger partial charge in [-0.05, 0) is 24.3 Å². The highest BCUT2D eigenvalue weighted by atomic mass is 19.1. The van der Waals surface area contributed by atoms with Crippen LogP contribution in [0.2, 0.25) is 0 Å². The highest BCUT2D eigenvalue weighted by Crippen LogP contribution is 2.14. The lowest BCUT2D eigenvalue weighted by molar-refractivity contribution is -0.132. The number of amides is 2. The van der Waals surface area contributed by atoms with E-state index in [0.717, 1.165) is 12.1 Å². The van der Waals surface area contributed by atoms with Gasteiger partial charge in [0.15, 0.2) is 0 Å². The van der Waals surface area contributed by atoms with Gasteiger partial charge >= 0.3 is 0 Å². The SMILES string of the molecule is O=C(Cc1ccccn1)N1CCN(C(=O)c2ccc(F)cc2F)CC1. The topological polar surface area (TPSA) is 53.5 Å². The summed E-state index contributed by atoms with van der Waals surface area (Å²) < 4.78 is 26.7. The predicted octanol–water partition coefficient (Wildman–Crippen LogP) is 1.89. The number of benzene rings is 1. The third-order valence-electron chi connectivity index (χ3n) is 4.14. The lowest BCUT2D eigenvalue weighted by Gasteiger charge is -2.34. The smallest absolute Gasteiger partial charge is 0.256 e. The molecule has 0 saturated carbocycles. The van der Waals surface area contributed by atoms with Gasteiger partial charge < -0.3 is 9.80 Å². The van der Waals surface area contributed by atoms with E-state index in [1.807, 2.05) is 6.07 Å². The number of halogens is 2. The molecule has 1 saturated heterocycles. The number of carbonyl (C=O) groups excluding carboxylic acids is 2. The Balaban J connectivity index is 1.58. The lowest BCUT2D eigenvalue weighted by atomic mass is 10.1. The first kappa shape index (κ1) is 17.0. The Kier molecular flexibility index (Phi) is 5.02. The van der Waals surface area contributed by atoms with Crippen LogP contribution in [0.4, 0.5) is 8.78 Å². The maximum absolute atomic E-state index is 13.7. The van der Waals surface area contributed by atoms with Crippen LogP contribution >= 0.6 is 0 Å². The van der Waals surface area contributed by atoms with E-state index in [0.29, 0.717) is 37.9 Å². The summed E-state index contributed by atoms with van der Waals surface area (Å²) in [4.78, 5) is 31.9. The Bertz CT molecular complexity index is 775. The molecule has 5 nitrogen and oxygen atoms in total. The van der Waals surface area contributed by atoms with Crippen molar-refractivity contribution >= 4 is 11.8 Å². The zero-order valence-electron chi connectivity index (χ0n) is 13.5. The third kappa shape index (κ3) is 3.99. The molecule has 2 heterocycles. The summed E-state index contributed by atoms with van der Waals surface area (Å²) in [5, 5.41) is 0. The van der Waals surface area contributed by atoms with Crippen molar-refractivity contribution in [1.29, 1.82) is 0 Å². The van der Waals surface area contributed by atoms with Gasteiger partial charge in [0.2, 0.25) is 5.91 Å². The van der Waals surface area contributed by atoms with Crippen molar-refractivity contribution in [2.24, 2.45) is 0 Å². The van der Waals surface area contributed by atoms with Gasteiger partial charge in [0.25, 0.3) is 5.91 Å². The quantitative estimate of drug-likeness (QED) is 0.854. The minimum absolute atomic E-state index is 0.0567. The fourth-order valence-electron chi connectivity index (χ4n) is 2.76. The monoisotopic (exact) mass is 345 g/mol. The second-order valence-electron chi connectivity index (χ2n) is 5.80. The van der Waals surface area contributed by atoms with Gasteiger partial charge in [0.05, 0.1) is 12.0 Å². The highest BCUT2D eigenvalue weighted by molar-refractivity contribution is 5.94. The van der Waals surface area contributed by atoms with E-state index in [1.165, 1.54) is 4.90 Å². The average Bonchev–Trinajstić information content (AvgIpc) is 2.62. The summed E-state index contributed by atoms with van der Waals surface area (Å²) in [6.45, 7) is 1.37. The Morgan fingerprint density at radius 3 is 2.36 bits per heavy atom. The molecule has 1 fully saturated rings. The minimum atomic E-state index is -0.876. The molecule has 0 atom stereocenters. The second kappa shape index (κ2) is 7.38. The summed E-state index contributed by atoms with van der Waals surface area (Å²) >= 11 is 0. The van der Waals surface area contributed by atoms with Crippen molar-refractivity contribution in [2.45, 2.75) is 6.42 Å². The van der Waals surface area contributed by atoms with Crippen molar-refractivity contribution in [3.05, 3.63) is 65.5 Å². The molecule has 3 rings (SSSR count). The molecule has 25 heavy (non-hydrogen) atoms. The van der Waals surface area contributed by atoms with Crippen LogP contribution in [0.1, 0.15) is 16.1 Å². The van der Waals surface area contributed by atoms with E-state index in [9.17, 15) is 18.4 Å². The van der Waals surface area contributed by atoms with Crippen LogP contribution in [0.15, 0.2) is 42.6 Å². The largest absolute Gasteiger partial charge is 0.339 e. The lowest BCUT2D eigenvalue weighted by Crippen LogP contribution is -2.51. The fraction of sp³-hybridized carbons (Fsp3) is 0.278. The molecule has 0 N–H and O–H groups in total. The van der Waals surface area contributed by atoms with E-state index >= 15 is 0 Å². The first-order chi connectivity index (χ1) is 12.0. The molecule has 0 unspecified atom stereocenters. The molecule has 0 aliphatic carbocycles. The zero-order valence-corrected chi connectivity index (χ0v) is 13.5. The molecule has 2 amide bonds. The number of pyridine rings is 1. The minimum Gasteiger partial charge on any atom is -0.339 e. The summed E-state index contributed by atoms with van der Waals surface area (Å²) in [5.41, 5.74) is 0.536. The van der Waals surface area contributed by atoms with Crippen molar-refractivity contribution < 1.29 is 18.4 Å². The Morgan fingerprint density at radius 1 is 1.00 bits per heavy atom. The Morgan fingerprint density at radius 2 is 1.72 bits per heavy atom. The molecule has 7 heteroatoms. The van der Waals surface area contributed by atoms with Gasteiger partial charge in [-0.25, -0.2) is 8.78 Å². The van der Waals surface area contributed by atoms with Crippen LogP contribution in [-0.4, -0.2) is 52.8 Å². The molecule has 1 aliphatic rings. The number of hydrogen-bond acceptors (Lipinski definition) is 3. The maximum atomic E-state index is 13.7. The van der Waals surface area contributed by atoms with Crippen molar-refractivity contribution in [3.63, 3.8) is 0 Å². The van der Waals surface area contributed by atoms with Crippen molar-refractivity contribution in [1.82, 2.24) is 14.8 Å². The molecule has 2 aromatic rings. The third-order valence-corrected chi connectivity index (χ3v) is 4.14. The molecular formula is C18H17F2N3O2. The van der Waals surface area contributed by atoms with Crippen molar-refractivity contribution in [3.8, 4) is 0 Å². The molecule has 130 valence electrons. The standard InChI is InChI=1S/C18H17F2N3O2/c19-13-4-5-15(16(20)11-13)18(25)23-9-7-22(8-10-23)17(24)12-14-3-1-2-6-21-14/h1-6,11H,7-10,12H2. The summed E-state index contributed by atoms with van der Waals surface area (Å²) in [6, 6.07) is 8.29. The fourth-order valence-corrected chi connectivity index (χ4v) is 2.76. The number of hydrogen-bond donors (Lipinski definition) is 0. The van der Waals surface area contributed by atoms with Crippen molar-refractivity contribution in [2.75, 3.05) is 26.2 Å². The van der Waals surface area contributed by atoms with E-state index in [1.54, 1.807) is 23.2 Å². The number of piperazine rings is 1. The van der Waals surface area contributed by atoms with Gasteiger partial charge in [-0.3, -0.25) is 14.6 Å². The van der Waals surface area contributed by atoms with E-state index in [4.69, 9.17) is 0 Å². The van der Waals surface area contributed by atoms with Crippen LogP contribution in [-0.2, 0) is 11.2 Å². The normalized spacial score (nSPS) is 14.5. The molecule has 0 bridgehead atoms. The molecule has 1 aromatic heterocycles. The van der Waals surface area contributed by atoms with Gasteiger partial charge in [-0.1, -0.05) is 6.07 Å². The first-order valence-electron chi connectivity index (χ1n) is 7.96. The zero-order chi connectivity index (χ0) is 17.8. The maximum Gasteiger partial charge on any atom is 0.256 e. The summed E-state index contributed by atoms with van der Waals surface area (Å²) in [6.07, 6.45) is 1.85.